The molecule has 0 unspecified atom stereocenters. The van der Waals surface area contributed by atoms with Crippen LogP contribution in [0, 0.1) is 0 Å². The highest BCUT2D eigenvalue weighted by Crippen LogP contribution is 2.33. The number of carboxylic acid groups (broad SMARTS) is 1. The van der Waals surface area contributed by atoms with E-state index in [4.69, 9.17) is 5.11 Å². The summed E-state index contributed by atoms with van der Waals surface area (Å²) in [6.45, 7) is 0. The molecule has 0 heterocycles. The Hall–Kier alpha value is -2.24. The van der Waals surface area contributed by atoms with Crippen LogP contribution in [-0.2, 0) is 4.79 Å². The van der Waals surface area contributed by atoms with E-state index >= 15 is 0 Å². The number of rotatable bonds is 4. The van der Waals surface area contributed by atoms with E-state index in [2.05, 4.69) is 5.32 Å². The fraction of sp³-hybridized carbons (Fsp3) is 0.429. The number of benzene rings is 1. The van der Waals surface area contributed by atoms with Crippen molar-refractivity contribution in [1.29, 1.82) is 0 Å². The SMILES string of the molecule is O=C(O)CC1(NC(=O)c2cc(O)ccc2O)CCCC1. The van der Waals surface area contributed by atoms with Crippen LogP contribution in [0.3, 0.4) is 0 Å². The summed E-state index contributed by atoms with van der Waals surface area (Å²) < 4.78 is 0. The second-order valence-electron chi connectivity index (χ2n) is 5.21. The second-order valence-corrected chi connectivity index (χ2v) is 5.21. The Balaban J connectivity index is 2.20. The Morgan fingerprint density at radius 2 is 1.85 bits per heavy atom. The van der Waals surface area contributed by atoms with Crippen LogP contribution in [0.5, 0.6) is 11.5 Å². The Kier molecular flexibility index (Phi) is 3.83. The van der Waals surface area contributed by atoms with Crippen molar-refractivity contribution in [2.24, 2.45) is 0 Å². The summed E-state index contributed by atoms with van der Waals surface area (Å²) in [5.41, 5.74) is -0.817. The number of nitrogens with one attached hydrogen (secondary N) is 1. The lowest BCUT2D eigenvalue weighted by Gasteiger charge is -2.28. The molecule has 6 heteroatoms. The predicted molar refractivity (Wildman–Crippen MR) is 70.7 cm³/mol. The van der Waals surface area contributed by atoms with Crippen LogP contribution in [0.15, 0.2) is 18.2 Å². The molecule has 1 aliphatic carbocycles. The molecule has 108 valence electrons. The third-order valence-electron chi connectivity index (χ3n) is 3.65. The van der Waals surface area contributed by atoms with Gasteiger partial charge in [-0.05, 0) is 31.0 Å². The zero-order valence-electron chi connectivity index (χ0n) is 10.9. The van der Waals surface area contributed by atoms with Crippen LogP contribution in [0.25, 0.3) is 0 Å². The largest absolute Gasteiger partial charge is 0.508 e. The van der Waals surface area contributed by atoms with Gasteiger partial charge >= 0.3 is 5.97 Å². The molecule has 0 aliphatic heterocycles. The number of phenolic OH excluding ortho intramolecular Hbond substituents is 2. The number of carboxylic acids is 1. The molecule has 1 aliphatic rings. The van der Waals surface area contributed by atoms with E-state index in [0.29, 0.717) is 12.8 Å². The lowest BCUT2D eigenvalue weighted by molar-refractivity contribution is -0.138. The van der Waals surface area contributed by atoms with Crippen LogP contribution in [0.2, 0.25) is 0 Å². The molecule has 1 aromatic rings. The van der Waals surface area contributed by atoms with Gasteiger partial charge in [0.25, 0.3) is 5.91 Å². The van der Waals surface area contributed by atoms with Crippen molar-refractivity contribution in [3.63, 3.8) is 0 Å². The van der Waals surface area contributed by atoms with Gasteiger partial charge in [0.15, 0.2) is 0 Å². The van der Waals surface area contributed by atoms with Gasteiger partial charge in [0.2, 0.25) is 0 Å². The average molecular weight is 279 g/mol. The maximum atomic E-state index is 12.2. The van der Waals surface area contributed by atoms with Gasteiger partial charge in [-0.2, -0.15) is 0 Å². The predicted octanol–water partition coefficient (Wildman–Crippen LogP) is 1.62. The van der Waals surface area contributed by atoms with E-state index in [9.17, 15) is 19.8 Å². The molecule has 0 radical (unpaired) electrons. The third kappa shape index (κ3) is 3.01. The Morgan fingerprint density at radius 3 is 2.45 bits per heavy atom. The molecule has 1 aromatic carbocycles. The van der Waals surface area contributed by atoms with Crippen molar-refractivity contribution in [2.45, 2.75) is 37.6 Å². The molecule has 0 bridgehead atoms. The molecule has 6 nitrogen and oxygen atoms in total. The topological polar surface area (TPSA) is 107 Å². The van der Waals surface area contributed by atoms with Gasteiger partial charge in [-0.25, -0.2) is 0 Å². The first-order valence-electron chi connectivity index (χ1n) is 6.48. The maximum absolute atomic E-state index is 12.2. The molecule has 1 fully saturated rings. The highest BCUT2D eigenvalue weighted by Gasteiger charge is 2.38. The molecule has 0 atom stereocenters. The second kappa shape index (κ2) is 5.40. The smallest absolute Gasteiger partial charge is 0.305 e. The van der Waals surface area contributed by atoms with Crippen LogP contribution in [-0.4, -0.2) is 32.7 Å². The molecule has 1 saturated carbocycles. The quantitative estimate of drug-likeness (QED) is 0.626. The minimum absolute atomic E-state index is 0.0540. The lowest BCUT2D eigenvalue weighted by atomic mass is 9.92. The van der Waals surface area contributed by atoms with Crippen molar-refractivity contribution in [2.75, 3.05) is 0 Å². The summed E-state index contributed by atoms with van der Waals surface area (Å²) in [7, 11) is 0. The first kappa shape index (κ1) is 14.2. The minimum atomic E-state index is -0.965. The van der Waals surface area contributed by atoms with E-state index in [1.807, 2.05) is 0 Å². The molecular formula is C14H17NO5. The van der Waals surface area contributed by atoms with Gasteiger partial charge in [0.1, 0.15) is 11.5 Å². The van der Waals surface area contributed by atoms with Gasteiger partial charge in [-0.1, -0.05) is 12.8 Å². The summed E-state index contributed by atoms with van der Waals surface area (Å²) in [5.74, 6) is -1.91. The Morgan fingerprint density at radius 1 is 1.20 bits per heavy atom. The molecule has 1 amide bonds. The number of hydrogen-bond acceptors (Lipinski definition) is 4. The van der Waals surface area contributed by atoms with Crippen molar-refractivity contribution >= 4 is 11.9 Å². The van der Waals surface area contributed by atoms with Gasteiger partial charge < -0.3 is 20.6 Å². The molecule has 0 aromatic heterocycles. The lowest BCUT2D eigenvalue weighted by Crippen LogP contribution is -2.47. The van der Waals surface area contributed by atoms with Gasteiger partial charge in [0.05, 0.1) is 17.5 Å². The van der Waals surface area contributed by atoms with Crippen LogP contribution in [0.4, 0.5) is 0 Å². The maximum Gasteiger partial charge on any atom is 0.305 e. The van der Waals surface area contributed by atoms with E-state index < -0.39 is 17.4 Å². The zero-order valence-corrected chi connectivity index (χ0v) is 10.9. The monoisotopic (exact) mass is 279 g/mol. The van der Waals surface area contributed by atoms with Crippen LogP contribution >= 0.6 is 0 Å². The fourth-order valence-corrected chi connectivity index (χ4v) is 2.70. The average Bonchev–Trinajstić information content (AvgIpc) is 2.79. The van der Waals surface area contributed by atoms with Crippen molar-refractivity contribution < 1.29 is 24.9 Å². The minimum Gasteiger partial charge on any atom is -0.508 e. The third-order valence-corrected chi connectivity index (χ3v) is 3.65. The summed E-state index contributed by atoms with van der Waals surface area (Å²) >= 11 is 0. The van der Waals surface area contributed by atoms with E-state index in [0.717, 1.165) is 18.9 Å². The summed E-state index contributed by atoms with van der Waals surface area (Å²) in [6, 6.07) is 3.66. The highest BCUT2D eigenvalue weighted by atomic mass is 16.4. The number of phenols is 2. The number of amides is 1. The number of aromatic hydroxyl groups is 2. The highest BCUT2D eigenvalue weighted by molar-refractivity contribution is 5.98. The molecule has 0 saturated heterocycles. The van der Waals surface area contributed by atoms with E-state index in [-0.39, 0.29) is 23.5 Å². The number of carbonyl (C=O) groups excluding carboxylic acids is 1. The summed E-state index contributed by atoms with van der Waals surface area (Å²) in [6.07, 6.45) is 2.78. The van der Waals surface area contributed by atoms with Crippen LogP contribution in [0.1, 0.15) is 42.5 Å². The van der Waals surface area contributed by atoms with Crippen LogP contribution < -0.4 is 5.32 Å². The standard InChI is InChI=1S/C14H17NO5/c16-9-3-4-11(17)10(7-9)13(20)15-14(8-12(18)19)5-1-2-6-14/h3-4,7,16-17H,1-2,5-6,8H2,(H,15,20)(H,18,19). The van der Waals surface area contributed by atoms with E-state index in [1.165, 1.54) is 12.1 Å². The van der Waals surface area contributed by atoms with Crippen molar-refractivity contribution in [3.8, 4) is 11.5 Å². The summed E-state index contributed by atoms with van der Waals surface area (Å²) in [5, 5.41) is 30.7. The Bertz CT molecular complexity index is 534. The molecule has 20 heavy (non-hydrogen) atoms. The van der Waals surface area contributed by atoms with Crippen molar-refractivity contribution in [3.05, 3.63) is 23.8 Å². The van der Waals surface area contributed by atoms with Crippen molar-refractivity contribution in [1.82, 2.24) is 5.32 Å². The Labute approximate surface area is 116 Å². The normalized spacial score (nSPS) is 16.8. The zero-order chi connectivity index (χ0) is 14.8. The first-order valence-corrected chi connectivity index (χ1v) is 6.48. The number of hydrogen-bond donors (Lipinski definition) is 4. The number of carbonyl (C=O) groups is 2. The summed E-state index contributed by atoms with van der Waals surface area (Å²) in [4.78, 5) is 23.1. The van der Waals surface area contributed by atoms with Gasteiger partial charge in [0, 0.05) is 0 Å². The molecule has 0 spiro atoms. The fourth-order valence-electron chi connectivity index (χ4n) is 2.70. The van der Waals surface area contributed by atoms with Gasteiger partial charge in [-0.15, -0.1) is 0 Å². The van der Waals surface area contributed by atoms with E-state index in [1.54, 1.807) is 0 Å². The number of aliphatic carboxylic acids is 1. The molecule has 2 rings (SSSR count). The first-order chi connectivity index (χ1) is 9.42. The molecule has 4 N–H and O–H groups in total. The van der Waals surface area contributed by atoms with Gasteiger partial charge in [-0.3, -0.25) is 9.59 Å². The molecular weight excluding hydrogens is 262 g/mol.